The number of aromatic nitrogens is 1. The number of nitrogens with zero attached hydrogens (tertiary/aromatic N) is 2. The van der Waals surface area contributed by atoms with E-state index in [2.05, 4.69) is 34.3 Å². The van der Waals surface area contributed by atoms with Crippen LogP contribution in [0.4, 0.5) is 5.69 Å². The molecule has 1 atom stereocenters. The number of rotatable bonds is 8. The Bertz CT molecular complexity index is 853. The third-order valence-corrected chi connectivity index (χ3v) is 6.12. The fraction of sp³-hybridized carbons (Fsp3) is 0.238. The summed E-state index contributed by atoms with van der Waals surface area (Å²) in [5.41, 5.74) is 4.73. The number of anilines is 1. The predicted molar refractivity (Wildman–Crippen MR) is 115 cm³/mol. The highest BCUT2D eigenvalue weighted by Crippen LogP contribution is 2.26. The van der Waals surface area contributed by atoms with Crippen LogP contribution in [0.2, 0.25) is 0 Å². The van der Waals surface area contributed by atoms with E-state index >= 15 is 0 Å². The Morgan fingerprint density at radius 2 is 1.93 bits per heavy atom. The van der Waals surface area contributed by atoms with Gasteiger partial charge >= 0.3 is 0 Å². The molecule has 0 fully saturated rings. The maximum Gasteiger partial charge on any atom is 0.252 e. The summed E-state index contributed by atoms with van der Waals surface area (Å²) in [5, 5.41) is 5.11. The van der Waals surface area contributed by atoms with Crippen molar-refractivity contribution in [3.05, 3.63) is 76.7 Å². The number of likely N-dealkylation sites (N-methyl/N-ethyl adjacent to an activating group) is 1. The molecule has 0 saturated carbocycles. The van der Waals surface area contributed by atoms with Crippen LogP contribution in [0, 0.1) is 0 Å². The number of nitrogens with one attached hydrogen (secondary N) is 1. The van der Waals surface area contributed by atoms with Gasteiger partial charge in [0.2, 0.25) is 0 Å². The molecule has 0 aliphatic heterocycles. The molecule has 0 saturated heterocycles. The molecule has 1 unspecified atom stereocenters. The SMILES string of the molecule is CC(CNC(=O)c1ccccc1SCc1cscn1)N(C)c1ccccc1. The topological polar surface area (TPSA) is 45.2 Å². The molecule has 6 heteroatoms. The molecule has 1 amide bonds. The molecular weight excluding hydrogens is 374 g/mol. The number of benzene rings is 2. The van der Waals surface area contributed by atoms with Crippen LogP contribution in [0.1, 0.15) is 23.0 Å². The number of amides is 1. The third-order valence-electron chi connectivity index (χ3n) is 4.37. The molecule has 0 aliphatic carbocycles. The van der Waals surface area contributed by atoms with Gasteiger partial charge in [-0.1, -0.05) is 30.3 Å². The molecule has 0 spiro atoms. The molecule has 4 nitrogen and oxygen atoms in total. The predicted octanol–water partition coefficient (Wildman–Crippen LogP) is 4.69. The van der Waals surface area contributed by atoms with Gasteiger partial charge in [0, 0.05) is 41.4 Å². The second-order valence-electron chi connectivity index (χ2n) is 6.27. The van der Waals surface area contributed by atoms with Gasteiger partial charge in [-0.25, -0.2) is 4.98 Å². The Morgan fingerprint density at radius 1 is 1.19 bits per heavy atom. The van der Waals surface area contributed by atoms with E-state index in [9.17, 15) is 4.79 Å². The summed E-state index contributed by atoms with van der Waals surface area (Å²) >= 11 is 3.23. The van der Waals surface area contributed by atoms with Crippen LogP contribution in [0.25, 0.3) is 0 Å². The molecule has 3 aromatic rings. The van der Waals surface area contributed by atoms with Crippen molar-refractivity contribution in [2.45, 2.75) is 23.6 Å². The van der Waals surface area contributed by atoms with Crippen LogP contribution in [-0.2, 0) is 5.75 Å². The lowest BCUT2D eigenvalue weighted by Gasteiger charge is -2.27. The summed E-state index contributed by atoms with van der Waals surface area (Å²) in [4.78, 5) is 20.2. The second kappa shape index (κ2) is 9.58. The fourth-order valence-corrected chi connectivity index (χ4v) is 4.25. The highest BCUT2D eigenvalue weighted by Gasteiger charge is 2.15. The Hall–Kier alpha value is -2.31. The van der Waals surface area contributed by atoms with Gasteiger partial charge in [-0.05, 0) is 31.2 Å². The quantitative estimate of drug-likeness (QED) is 0.560. The largest absolute Gasteiger partial charge is 0.370 e. The van der Waals surface area contributed by atoms with Gasteiger partial charge in [0.05, 0.1) is 16.8 Å². The van der Waals surface area contributed by atoms with Crippen LogP contribution in [0.5, 0.6) is 0 Å². The average molecular weight is 398 g/mol. The highest BCUT2D eigenvalue weighted by molar-refractivity contribution is 7.98. The van der Waals surface area contributed by atoms with Crippen molar-refractivity contribution >= 4 is 34.7 Å². The molecule has 0 radical (unpaired) electrons. The van der Waals surface area contributed by atoms with Gasteiger partial charge in [-0.3, -0.25) is 4.79 Å². The van der Waals surface area contributed by atoms with E-state index < -0.39 is 0 Å². The molecular formula is C21H23N3OS2. The fourth-order valence-electron chi connectivity index (χ4n) is 2.63. The van der Waals surface area contributed by atoms with Gasteiger partial charge in [0.1, 0.15) is 0 Å². The zero-order valence-corrected chi connectivity index (χ0v) is 17.1. The monoisotopic (exact) mass is 397 g/mol. The summed E-state index contributed by atoms with van der Waals surface area (Å²) in [7, 11) is 2.05. The number of thiazole rings is 1. The first-order chi connectivity index (χ1) is 13.1. The minimum Gasteiger partial charge on any atom is -0.370 e. The van der Waals surface area contributed by atoms with Crippen molar-refractivity contribution in [2.24, 2.45) is 0 Å². The van der Waals surface area contributed by atoms with Crippen LogP contribution >= 0.6 is 23.1 Å². The van der Waals surface area contributed by atoms with Crippen molar-refractivity contribution < 1.29 is 4.79 Å². The zero-order valence-electron chi connectivity index (χ0n) is 15.5. The average Bonchev–Trinajstić information content (AvgIpc) is 3.24. The summed E-state index contributed by atoms with van der Waals surface area (Å²) in [6.45, 7) is 2.69. The molecule has 140 valence electrons. The van der Waals surface area contributed by atoms with Gasteiger partial charge < -0.3 is 10.2 Å². The first kappa shape index (κ1) is 19.5. The van der Waals surface area contributed by atoms with E-state index in [4.69, 9.17) is 0 Å². The maximum atomic E-state index is 12.7. The van der Waals surface area contributed by atoms with Crippen molar-refractivity contribution in [2.75, 3.05) is 18.5 Å². The standard InChI is InChI=1S/C21H23N3OS2/c1-16(24(2)18-8-4-3-5-9-18)12-22-21(25)19-10-6-7-11-20(19)27-14-17-13-26-15-23-17/h3-11,13,15-16H,12,14H2,1-2H3,(H,22,25). The van der Waals surface area contributed by atoms with Crippen molar-refractivity contribution in [3.8, 4) is 0 Å². The van der Waals surface area contributed by atoms with Gasteiger partial charge in [0.15, 0.2) is 0 Å². The third kappa shape index (κ3) is 5.34. The van der Waals surface area contributed by atoms with Gasteiger partial charge in [-0.2, -0.15) is 0 Å². The Morgan fingerprint density at radius 3 is 2.67 bits per heavy atom. The van der Waals surface area contributed by atoms with Crippen LogP contribution in [-0.4, -0.2) is 30.5 Å². The number of para-hydroxylation sites is 1. The summed E-state index contributed by atoms with van der Waals surface area (Å²) in [6.07, 6.45) is 0. The lowest BCUT2D eigenvalue weighted by Crippen LogP contribution is -2.40. The minimum atomic E-state index is -0.0373. The lowest BCUT2D eigenvalue weighted by atomic mass is 10.2. The molecule has 1 N–H and O–H groups in total. The highest BCUT2D eigenvalue weighted by atomic mass is 32.2. The van der Waals surface area contributed by atoms with Crippen LogP contribution < -0.4 is 10.2 Å². The molecule has 3 rings (SSSR count). The maximum absolute atomic E-state index is 12.7. The smallest absolute Gasteiger partial charge is 0.252 e. The van der Waals surface area contributed by atoms with E-state index in [0.717, 1.165) is 22.0 Å². The van der Waals surface area contributed by atoms with Crippen LogP contribution in [0.15, 0.2) is 70.4 Å². The summed E-state index contributed by atoms with van der Waals surface area (Å²) in [5.74, 6) is 0.727. The normalized spacial score (nSPS) is 11.8. The Balaban J connectivity index is 1.59. The van der Waals surface area contributed by atoms with E-state index in [-0.39, 0.29) is 11.9 Å². The molecule has 1 heterocycles. The minimum absolute atomic E-state index is 0.0373. The lowest BCUT2D eigenvalue weighted by molar-refractivity contribution is 0.0948. The van der Waals surface area contributed by atoms with E-state index in [1.165, 1.54) is 0 Å². The van der Waals surface area contributed by atoms with Crippen molar-refractivity contribution in [1.29, 1.82) is 0 Å². The first-order valence-electron chi connectivity index (χ1n) is 8.80. The second-order valence-corrected chi connectivity index (χ2v) is 8.01. The van der Waals surface area contributed by atoms with Crippen molar-refractivity contribution in [3.63, 3.8) is 0 Å². The first-order valence-corrected chi connectivity index (χ1v) is 10.7. The van der Waals surface area contributed by atoms with Gasteiger partial charge in [0.25, 0.3) is 5.91 Å². The molecule has 1 aromatic heterocycles. The van der Waals surface area contributed by atoms with E-state index in [1.54, 1.807) is 23.1 Å². The number of hydrogen-bond donors (Lipinski definition) is 1. The molecule has 0 bridgehead atoms. The number of thioether (sulfide) groups is 1. The number of hydrogen-bond acceptors (Lipinski definition) is 5. The number of carbonyl (C=O) groups excluding carboxylic acids is 1. The Labute approximate surface area is 168 Å². The zero-order chi connectivity index (χ0) is 19.1. The summed E-state index contributed by atoms with van der Waals surface area (Å²) in [6, 6.07) is 18.1. The Kier molecular flexibility index (Phi) is 6.90. The number of carbonyl (C=O) groups is 1. The van der Waals surface area contributed by atoms with Crippen LogP contribution in [0.3, 0.4) is 0 Å². The van der Waals surface area contributed by atoms with Gasteiger partial charge in [-0.15, -0.1) is 23.1 Å². The molecule has 27 heavy (non-hydrogen) atoms. The van der Waals surface area contributed by atoms with E-state index in [1.807, 2.05) is 60.4 Å². The van der Waals surface area contributed by atoms with E-state index in [0.29, 0.717) is 12.1 Å². The van der Waals surface area contributed by atoms with Crippen molar-refractivity contribution in [1.82, 2.24) is 10.3 Å². The molecule has 2 aromatic carbocycles. The summed E-state index contributed by atoms with van der Waals surface area (Å²) < 4.78 is 0. The molecule has 0 aliphatic rings.